The highest BCUT2D eigenvalue weighted by Crippen LogP contribution is 2.20. The third kappa shape index (κ3) is 3.82. The number of nitrogens with one attached hydrogen (secondary N) is 1. The molecule has 0 spiro atoms. The third-order valence-electron chi connectivity index (χ3n) is 6.08. The van der Waals surface area contributed by atoms with Crippen LogP contribution in [0.5, 0.6) is 0 Å². The average Bonchev–Trinajstić information content (AvgIpc) is 3.28. The summed E-state index contributed by atoms with van der Waals surface area (Å²) in [5.74, 6) is 6.72. The van der Waals surface area contributed by atoms with Gasteiger partial charge in [0.2, 0.25) is 5.95 Å². The van der Waals surface area contributed by atoms with Crippen molar-refractivity contribution in [3.63, 3.8) is 0 Å². The molecule has 35 heavy (non-hydrogen) atoms. The number of aryl methyl sites for hydroxylation is 1. The molecular weight excluding hydrogens is 446 g/mol. The lowest BCUT2D eigenvalue weighted by Gasteiger charge is -2.28. The van der Waals surface area contributed by atoms with Crippen molar-refractivity contribution in [1.29, 1.82) is 5.26 Å². The Balaban J connectivity index is 1.70. The summed E-state index contributed by atoms with van der Waals surface area (Å²) in [7, 11) is 1.59. The number of nitrogens with zero attached hydrogens (tertiary/aromatic N) is 8. The van der Waals surface area contributed by atoms with Gasteiger partial charge < -0.3 is 10.2 Å². The lowest BCUT2D eigenvalue weighted by atomic mass is 10.2. The van der Waals surface area contributed by atoms with Crippen LogP contribution in [0.1, 0.15) is 18.4 Å². The molecular formula is C24H23N9O2. The average molecular weight is 470 g/mol. The van der Waals surface area contributed by atoms with Gasteiger partial charge >= 0.3 is 5.69 Å². The predicted molar refractivity (Wildman–Crippen MR) is 131 cm³/mol. The molecule has 0 aliphatic carbocycles. The Hall–Kier alpha value is -4.48. The Labute approximate surface area is 200 Å². The standard InChI is InChI=1S/C24H23N9O2/c1-3-4-11-32-20-21(29-23(32)31-12-9-26-10-13-31)30(2)24(35)33(22(20)34)15-19-27-17-8-6-5-7-16(17)18(14-25)28-19/h5-8,26H,9-13,15H2,1-2H3. The zero-order valence-electron chi connectivity index (χ0n) is 19.4. The second-order valence-electron chi connectivity index (χ2n) is 8.18. The van der Waals surface area contributed by atoms with Crippen LogP contribution in [0.3, 0.4) is 0 Å². The minimum atomic E-state index is -0.532. The number of anilines is 1. The molecule has 0 saturated carbocycles. The number of nitriles is 1. The van der Waals surface area contributed by atoms with Crippen molar-refractivity contribution in [1.82, 2.24) is 34.0 Å². The van der Waals surface area contributed by atoms with E-state index in [-0.39, 0.29) is 24.6 Å². The van der Waals surface area contributed by atoms with Crippen LogP contribution in [0, 0.1) is 23.2 Å². The summed E-state index contributed by atoms with van der Waals surface area (Å²) in [5, 5.41) is 13.5. The highest BCUT2D eigenvalue weighted by Gasteiger charge is 2.24. The van der Waals surface area contributed by atoms with E-state index in [4.69, 9.17) is 4.98 Å². The van der Waals surface area contributed by atoms with Gasteiger partial charge in [-0.15, -0.1) is 5.92 Å². The summed E-state index contributed by atoms with van der Waals surface area (Å²) in [6, 6.07) is 9.22. The van der Waals surface area contributed by atoms with Crippen molar-refractivity contribution in [2.75, 3.05) is 31.1 Å². The molecule has 0 bridgehead atoms. The molecule has 1 N–H and O–H groups in total. The van der Waals surface area contributed by atoms with Crippen molar-refractivity contribution in [3.05, 3.63) is 56.6 Å². The van der Waals surface area contributed by atoms with Crippen molar-refractivity contribution in [2.45, 2.75) is 20.0 Å². The largest absolute Gasteiger partial charge is 0.340 e. The maximum absolute atomic E-state index is 13.7. The molecule has 11 nitrogen and oxygen atoms in total. The van der Waals surface area contributed by atoms with Gasteiger partial charge in [0.25, 0.3) is 5.56 Å². The summed E-state index contributed by atoms with van der Waals surface area (Å²) in [6.45, 7) is 4.89. The quantitative estimate of drug-likeness (QED) is 0.420. The molecule has 1 aliphatic heterocycles. The Bertz CT molecular complexity index is 1670. The number of rotatable bonds is 4. The van der Waals surface area contributed by atoms with Crippen LogP contribution in [0.15, 0.2) is 33.9 Å². The van der Waals surface area contributed by atoms with E-state index in [9.17, 15) is 14.9 Å². The molecule has 4 heterocycles. The number of benzene rings is 1. The molecule has 1 fully saturated rings. The fourth-order valence-corrected chi connectivity index (χ4v) is 4.34. The van der Waals surface area contributed by atoms with E-state index in [1.807, 2.05) is 6.07 Å². The molecule has 11 heteroatoms. The van der Waals surface area contributed by atoms with Gasteiger partial charge in [-0.2, -0.15) is 10.2 Å². The third-order valence-corrected chi connectivity index (χ3v) is 6.08. The zero-order valence-corrected chi connectivity index (χ0v) is 19.4. The predicted octanol–water partition coefficient (Wildman–Crippen LogP) is 0.193. The fraction of sp³-hybridized carbons (Fsp3) is 0.333. The normalized spacial score (nSPS) is 13.6. The van der Waals surface area contributed by atoms with Crippen molar-refractivity contribution >= 4 is 28.0 Å². The first kappa shape index (κ1) is 22.3. The summed E-state index contributed by atoms with van der Waals surface area (Å²) >= 11 is 0. The molecule has 0 unspecified atom stereocenters. The SMILES string of the molecule is CC#CCn1c(N2CCNCC2)nc2c1c(=O)n(Cc1nc(C#N)c3ccccc3n1)c(=O)n2C. The molecule has 3 aromatic heterocycles. The zero-order chi connectivity index (χ0) is 24.5. The van der Waals surface area contributed by atoms with Gasteiger partial charge in [-0.05, 0) is 19.1 Å². The lowest BCUT2D eigenvalue weighted by molar-refractivity contribution is 0.572. The van der Waals surface area contributed by atoms with E-state index in [0.717, 1.165) is 30.7 Å². The monoisotopic (exact) mass is 469 g/mol. The van der Waals surface area contributed by atoms with Crippen molar-refractivity contribution in [3.8, 4) is 17.9 Å². The number of hydrogen-bond donors (Lipinski definition) is 1. The molecule has 1 aromatic carbocycles. The molecule has 4 aromatic rings. The van der Waals surface area contributed by atoms with E-state index in [1.165, 1.54) is 4.57 Å². The Morgan fingerprint density at radius 1 is 1.09 bits per heavy atom. The smallest absolute Gasteiger partial charge is 0.332 e. The van der Waals surface area contributed by atoms with Gasteiger partial charge in [-0.1, -0.05) is 18.1 Å². The van der Waals surface area contributed by atoms with E-state index >= 15 is 0 Å². The topological polar surface area (TPSA) is 127 Å². The summed E-state index contributed by atoms with van der Waals surface area (Å²) in [6.07, 6.45) is 0. The number of aromatic nitrogens is 6. The van der Waals surface area contributed by atoms with Gasteiger partial charge in [-0.25, -0.2) is 14.8 Å². The second-order valence-corrected chi connectivity index (χ2v) is 8.18. The van der Waals surface area contributed by atoms with Crippen LogP contribution in [0.4, 0.5) is 5.95 Å². The van der Waals surface area contributed by atoms with Crippen LogP contribution in [-0.4, -0.2) is 54.8 Å². The molecule has 5 rings (SSSR count). The van der Waals surface area contributed by atoms with E-state index in [1.54, 1.807) is 36.7 Å². The maximum Gasteiger partial charge on any atom is 0.332 e. The van der Waals surface area contributed by atoms with Crippen LogP contribution < -0.4 is 21.5 Å². The van der Waals surface area contributed by atoms with Gasteiger partial charge in [0.1, 0.15) is 6.07 Å². The number of para-hydroxylation sites is 1. The number of piperazine rings is 1. The number of imidazole rings is 1. The highest BCUT2D eigenvalue weighted by atomic mass is 16.2. The first-order valence-electron chi connectivity index (χ1n) is 11.2. The highest BCUT2D eigenvalue weighted by molar-refractivity contribution is 5.83. The maximum atomic E-state index is 13.7. The molecule has 0 radical (unpaired) electrons. The Morgan fingerprint density at radius 3 is 2.60 bits per heavy atom. The molecule has 1 saturated heterocycles. The lowest BCUT2D eigenvalue weighted by Crippen LogP contribution is -2.44. The van der Waals surface area contributed by atoms with Crippen molar-refractivity contribution in [2.24, 2.45) is 7.05 Å². The number of fused-ring (bicyclic) bond motifs is 2. The first-order valence-corrected chi connectivity index (χ1v) is 11.2. The van der Waals surface area contributed by atoms with Crippen molar-refractivity contribution < 1.29 is 0 Å². The summed E-state index contributed by atoms with van der Waals surface area (Å²) in [5.41, 5.74) is 0.343. The van der Waals surface area contributed by atoms with E-state index < -0.39 is 11.2 Å². The van der Waals surface area contributed by atoms with Crippen LogP contribution >= 0.6 is 0 Å². The Morgan fingerprint density at radius 2 is 1.86 bits per heavy atom. The molecule has 0 atom stereocenters. The van der Waals surface area contributed by atoms with E-state index in [0.29, 0.717) is 28.0 Å². The van der Waals surface area contributed by atoms with Crippen LogP contribution in [0.2, 0.25) is 0 Å². The molecule has 0 amide bonds. The second kappa shape index (κ2) is 9.05. The summed E-state index contributed by atoms with van der Waals surface area (Å²) in [4.78, 5) is 42.5. The molecule has 1 aliphatic rings. The van der Waals surface area contributed by atoms with Gasteiger partial charge in [0.05, 0.1) is 18.6 Å². The van der Waals surface area contributed by atoms with Crippen LogP contribution in [0.25, 0.3) is 22.1 Å². The number of hydrogen-bond acceptors (Lipinski definition) is 8. The Kier molecular flexibility index (Phi) is 5.77. The van der Waals surface area contributed by atoms with Gasteiger partial charge in [-0.3, -0.25) is 18.5 Å². The van der Waals surface area contributed by atoms with Gasteiger partial charge in [0, 0.05) is 38.6 Å². The summed E-state index contributed by atoms with van der Waals surface area (Å²) < 4.78 is 4.23. The molecule has 176 valence electrons. The minimum Gasteiger partial charge on any atom is -0.340 e. The van der Waals surface area contributed by atoms with E-state index in [2.05, 4.69) is 38.1 Å². The van der Waals surface area contributed by atoms with Gasteiger partial charge in [0.15, 0.2) is 22.7 Å². The minimum absolute atomic E-state index is 0.172. The van der Waals surface area contributed by atoms with Crippen LogP contribution in [-0.2, 0) is 20.1 Å². The fourth-order valence-electron chi connectivity index (χ4n) is 4.34. The first-order chi connectivity index (χ1) is 17.0.